The standard InChI is InChI=1S/2C6H8O7.Bi.5K/c2*7-3(8)1-6(13,5(11)12)2-4(9)10;;;;;;/h2*13H,1-2H2,(H,7,8)(H,9,10)(H,11,12);;;;;;/q;;+3;5*+1. The van der Waals surface area contributed by atoms with Crippen molar-refractivity contribution in [1.29, 1.82) is 0 Å². The zero-order valence-electron chi connectivity index (χ0n) is 18.3. The second-order valence-electron chi connectivity index (χ2n) is 4.96. The van der Waals surface area contributed by atoms with Crippen molar-refractivity contribution in [3.05, 3.63) is 0 Å². The van der Waals surface area contributed by atoms with Gasteiger partial charge < -0.3 is 40.9 Å². The molecule has 20 heteroatoms. The molecule has 0 saturated heterocycles. The van der Waals surface area contributed by atoms with E-state index in [-0.39, 0.29) is 283 Å². The van der Waals surface area contributed by atoms with Gasteiger partial charge in [-0.3, -0.25) is 19.2 Å². The van der Waals surface area contributed by atoms with E-state index < -0.39 is 72.7 Å². The number of carboxylic acid groups (broad SMARTS) is 6. The molecule has 0 heterocycles. The van der Waals surface area contributed by atoms with Crippen molar-refractivity contribution in [3.63, 3.8) is 0 Å². The van der Waals surface area contributed by atoms with Crippen LogP contribution in [-0.4, -0.2) is 114 Å². The Bertz CT molecular complexity index is 533. The SMILES string of the molecule is O=C(O)CC(O)(CC(=O)O)C(=O)O.O=C(O)CC(O)(CC(=O)O)C(=O)O.[Bi+3].[K+].[K+].[K+].[K+].[K+]. The van der Waals surface area contributed by atoms with Crippen molar-refractivity contribution in [2.45, 2.75) is 36.9 Å². The van der Waals surface area contributed by atoms with E-state index in [1.807, 2.05) is 0 Å². The molecule has 0 aromatic carbocycles. The summed E-state index contributed by atoms with van der Waals surface area (Å²) in [4.78, 5) is 61.0. The maximum absolute atomic E-state index is 10.3. The van der Waals surface area contributed by atoms with E-state index in [0.29, 0.717) is 0 Å². The Morgan fingerprint density at radius 3 is 0.625 bits per heavy atom. The molecule has 32 heavy (non-hydrogen) atoms. The van der Waals surface area contributed by atoms with Crippen LogP contribution in [0.25, 0.3) is 0 Å². The van der Waals surface area contributed by atoms with Gasteiger partial charge in [0.25, 0.3) is 0 Å². The summed E-state index contributed by atoms with van der Waals surface area (Å²) in [5.41, 5.74) is -5.48. The molecule has 150 valence electrons. The Labute approximate surface area is 413 Å². The van der Waals surface area contributed by atoms with Crippen LogP contribution in [0.3, 0.4) is 0 Å². The fraction of sp³-hybridized carbons (Fsp3) is 0.500. The predicted molar refractivity (Wildman–Crippen MR) is 79.9 cm³/mol. The topological polar surface area (TPSA) is 264 Å². The van der Waals surface area contributed by atoms with Gasteiger partial charge in [-0.2, -0.15) is 0 Å². The molecule has 0 aromatic rings. The van der Waals surface area contributed by atoms with Crippen LogP contribution in [0.5, 0.6) is 0 Å². The fourth-order valence-electron chi connectivity index (χ4n) is 1.43. The number of rotatable bonds is 10. The van der Waals surface area contributed by atoms with Gasteiger partial charge in [0, 0.05) is 0 Å². The molecule has 0 rings (SSSR count). The van der Waals surface area contributed by atoms with E-state index in [2.05, 4.69) is 0 Å². The second kappa shape index (κ2) is 29.8. The molecule has 0 bridgehead atoms. The summed E-state index contributed by atoms with van der Waals surface area (Å²) < 4.78 is 0. The number of carboxylic acids is 6. The minimum Gasteiger partial charge on any atom is -0.481 e. The third-order valence-corrected chi connectivity index (χ3v) is 2.57. The first-order valence-corrected chi connectivity index (χ1v) is 6.34. The molecule has 0 aliphatic rings. The van der Waals surface area contributed by atoms with Crippen molar-refractivity contribution in [3.8, 4) is 0 Å². The van der Waals surface area contributed by atoms with Gasteiger partial charge >= 0.3 is 319 Å². The molecule has 0 aliphatic heterocycles. The Hall–Kier alpha value is 5.80. The van der Waals surface area contributed by atoms with Gasteiger partial charge in [0.2, 0.25) is 0 Å². The Kier molecular flexibility index (Phi) is 53.6. The molecule has 0 saturated carbocycles. The van der Waals surface area contributed by atoms with Crippen LogP contribution in [0.15, 0.2) is 0 Å². The van der Waals surface area contributed by atoms with Gasteiger partial charge in [-0.25, -0.2) is 9.59 Å². The van der Waals surface area contributed by atoms with E-state index >= 15 is 0 Å². The molecular weight excluding hydrogens is 773 g/mol. The Balaban J connectivity index is -0.0000000505. The van der Waals surface area contributed by atoms with Gasteiger partial charge in [0.1, 0.15) is 0 Å². The molecule has 0 unspecified atom stereocenters. The van der Waals surface area contributed by atoms with Crippen LogP contribution in [-0.2, 0) is 28.8 Å². The zero-order chi connectivity index (χ0) is 21.3. The van der Waals surface area contributed by atoms with Crippen LogP contribution in [0, 0.1) is 0 Å². The number of hydrogen-bond acceptors (Lipinski definition) is 8. The number of hydrogen-bond donors (Lipinski definition) is 8. The van der Waals surface area contributed by atoms with Crippen LogP contribution in [0.1, 0.15) is 25.7 Å². The predicted octanol–water partition coefficient (Wildman–Crippen LogP) is -17.9. The van der Waals surface area contributed by atoms with E-state index in [1.165, 1.54) is 0 Å². The molecule has 0 amide bonds. The molecular formula is C12H16BiK5O14+8. The van der Waals surface area contributed by atoms with E-state index in [4.69, 9.17) is 40.9 Å². The summed E-state index contributed by atoms with van der Waals surface area (Å²) in [6.07, 6.45) is -4.58. The third-order valence-electron chi connectivity index (χ3n) is 2.57. The first kappa shape index (κ1) is 57.6. The summed E-state index contributed by atoms with van der Waals surface area (Å²) in [7, 11) is 0. The molecule has 14 nitrogen and oxygen atoms in total. The van der Waals surface area contributed by atoms with Gasteiger partial charge in [-0.15, -0.1) is 0 Å². The summed E-state index contributed by atoms with van der Waals surface area (Å²) in [6.45, 7) is 0. The zero-order valence-corrected chi connectivity index (χ0v) is 37.4. The molecule has 0 fully saturated rings. The summed E-state index contributed by atoms with van der Waals surface area (Å²) >= 11 is 0. The number of aliphatic carboxylic acids is 6. The monoisotopic (exact) mass is 788 g/mol. The van der Waals surface area contributed by atoms with Crippen LogP contribution in [0.4, 0.5) is 0 Å². The quantitative estimate of drug-likeness (QED) is 0.0957. The normalized spacial score (nSPS) is 8.81. The van der Waals surface area contributed by atoms with E-state index in [1.54, 1.807) is 0 Å². The first-order valence-electron chi connectivity index (χ1n) is 6.34. The van der Waals surface area contributed by atoms with Crippen molar-refractivity contribution < 1.29 is 327 Å². The Morgan fingerprint density at radius 1 is 0.438 bits per heavy atom. The molecule has 2 radical (unpaired) electrons. The summed E-state index contributed by atoms with van der Waals surface area (Å²) in [6, 6.07) is 0. The van der Waals surface area contributed by atoms with E-state index in [0.717, 1.165) is 0 Å². The minimum absolute atomic E-state index is 0. The number of aliphatic hydroxyl groups is 2. The maximum atomic E-state index is 10.3. The molecule has 8 N–H and O–H groups in total. The largest absolute Gasteiger partial charge is 3.00 e. The second-order valence-corrected chi connectivity index (χ2v) is 4.96. The maximum Gasteiger partial charge on any atom is 3.00 e. The van der Waals surface area contributed by atoms with Crippen molar-refractivity contribution in [1.82, 2.24) is 0 Å². The van der Waals surface area contributed by atoms with Gasteiger partial charge in [0.05, 0.1) is 25.7 Å². The molecule has 0 spiro atoms. The van der Waals surface area contributed by atoms with Gasteiger partial charge in [0.15, 0.2) is 11.2 Å². The van der Waals surface area contributed by atoms with Gasteiger partial charge in [-0.05, 0) is 0 Å². The number of carbonyl (C=O) groups is 6. The van der Waals surface area contributed by atoms with Crippen molar-refractivity contribution in [2.24, 2.45) is 0 Å². The van der Waals surface area contributed by atoms with E-state index in [9.17, 15) is 28.8 Å². The average molecular weight is 789 g/mol. The average Bonchev–Trinajstić information content (AvgIpc) is 2.34. The smallest absolute Gasteiger partial charge is 0.481 e. The Morgan fingerprint density at radius 2 is 0.562 bits per heavy atom. The fourth-order valence-corrected chi connectivity index (χ4v) is 1.43. The summed E-state index contributed by atoms with van der Waals surface area (Å²) in [5, 5.41) is 67.6. The van der Waals surface area contributed by atoms with Crippen LogP contribution in [0.2, 0.25) is 0 Å². The van der Waals surface area contributed by atoms with Crippen molar-refractivity contribution >= 4 is 62.0 Å². The van der Waals surface area contributed by atoms with Crippen molar-refractivity contribution in [2.75, 3.05) is 0 Å². The summed E-state index contributed by atoms with van der Waals surface area (Å²) in [5.74, 6) is -10.0. The van der Waals surface area contributed by atoms with Crippen LogP contribution < -0.4 is 257 Å². The first-order chi connectivity index (χ1) is 11.6. The van der Waals surface area contributed by atoms with Gasteiger partial charge in [-0.1, -0.05) is 0 Å². The molecule has 0 aliphatic carbocycles. The molecule has 0 atom stereocenters. The minimum atomic E-state index is -2.74. The van der Waals surface area contributed by atoms with Crippen LogP contribution >= 0.6 is 0 Å². The third kappa shape index (κ3) is 30.3. The molecule has 0 aromatic heterocycles.